The van der Waals surface area contributed by atoms with Crippen LogP contribution in [0.2, 0.25) is 10.0 Å². The third-order valence-electron chi connectivity index (χ3n) is 3.05. The highest BCUT2D eigenvalue weighted by atomic mass is 35.5. The van der Waals surface area contributed by atoms with Crippen molar-refractivity contribution in [1.29, 1.82) is 0 Å². The van der Waals surface area contributed by atoms with Crippen LogP contribution < -0.4 is 16.4 Å². The summed E-state index contributed by atoms with van der Waals surface area (Å²) in [5.74, 6) is -1.69. The Bertz CT molecular complexity index is 809. The first-order chi connectivity index (χ1) is 11.4. The number of para-hydroxylation sites is 1. The SMILES string of the molecule is NC(=O)c1ccccc1NC(=O)CNC(=O)c1ccc(Cl)cc1Cl. The van der Waals surface area contributed by atoms with Gasteiger partial charge in [-0.15, -0.1) is 0 Å². The fourth-order valence-corrected chi connectivity index (χ4v) is 2.43. The summed E-state index contributed by atoms with van der Waals surface area (Å²) in [6.07, 6.45) is 0. The number of rotatable bonds is 5. The first-order valence-corrected chi connectivity index (χ1v) is 7.56. The zero-order valence-corrected chi connectivity index (χ0v) is 13.8. The van der Waals surface area contributed by atoms with Crippen molar-refractivity contribution in [2.75, 3.05) is 11.9 Å². The minimum atomic E-state index is -0.664. The zero-order valence-electron chi connectivity index (χ0n) is 12.3. The van der Waals surface area contributed by atoms with Gasteiger partial charge in [-0.3, -0.25) is 14.4 Å². The number of nitrogens with one attached hydrogen (secondary N) is 2. The Morgan fingerprint density at radius 3 is 2.38 bits per heavy atom. The van der Waals surface area contributed by atoms with E-state index < -0.39 is 17.7 Å². The van der Waals surface area contributed by atoms with Crippen LogP contribution in [-0.2, 0) is 4.79 Å². The number of carbonyl (C=O) groups is 3. The van der Waals surface area contributed by atoms with E-state index in [1.165, 1.54) is 30.3 Å². The molecule has 0 aliphatic rings. The topological polar surface area (TPSA) is 101 Å². The van der Waals surface area contributed by atoms with Gasteiger partial charge in [0.15, 0.2) is 0 Å². The molecule has 0 saturated carbocycles. The summed E-state index contributed by atoms with van der Waals surface area (Å²) in [5, 5.41) is 5.53. The van der Waals surface area contributed by atoms with Gasteiger partial charge in [-0.1, -0.05) is 35.3 Å². The summed E-state index contributed by atoms with van der Waals surface area (Å²) in [6.45, 7) is -0.301. The normalized spacial score (nSPS) is 10.1. The Kier molecular flexibility index (Phi) is 5.78. The standard InChI is InChI=1S/C16H13Cl2N3O3/c17-9-5-6-10(12(18)7-9)16(24)20-8-14(22)21-13-4-2-1-3-11(13)15(19)23/h1-7H,8H2,(H2,19,23)(H,20,24)(H,21,22). The van der Waals surface area contributed by atoms with Crippen LogP contribution in [0.15, 0.2) is 42.5 Å². The quantitative estimate of drug-likeness (QED) is 0.758. The predicted octanol–water partition coefficient (Wildman–Crippen LogP) is 2.46. The third-order valence-corrected chi connectivity index (χ3v) is 3.60. The fraction of sp³-hybridized carbons (Fsp3) is 0.0625. The Morgan fingerprint density at radius 2 is 1.71 bits per heavy atom. The number of amides is 3. The lowest BCUT2D eigenvalue weighted by Gasteiger charge is -2.10. The lowest BCUT2D eigenvalue weighted by molar-refractivity contribution is -0.115. The van der Waals surface area contributed by atoms with Gasteiger partial charge in [-0.25, -0.2) is 0 Å². The molecule has 6 nitrogen and oxygen atoms in total. The molecule has 124 valence electrons. The molecule has 0 aliphatic carbocycles. The minimum absolute atomic E-state index is 0.179. The van der Waals surface area contributed by atoms with Crippen LogP contribution in [0.3, 0.4) is 0 Å². The van der Waals surface area contributed by atoms with Gasteiger partial charge in [-0.05, 0) is 30.3 Å². The van der Waals surface area contributed by atoms with Crippen molar-refractivity contribution in [2.45, 2.75) is 0 Å². The van der Waals surface area contributed by atoms with Crippen molar-refractivity contribution in [3.8, 4) is 0 Å². The summed E-state index contributed by atoms with van der Waals surface area (Å²) in [5.41, 5.74) is 5.88. The molecule has 0 spiro atoms. The smallest absolute Gasteiger partial charge is 0.253 e. The number of nitrogens with two attached hydrogens (primary N) is 1. The van der Waals surface area contributed by atoms with Crippen LogP contribution in [0.5, 0.6) is 0 Å². The van der Waals surface area contributed by atoms with E-state index in [4.69, 9.17) is 28.9 Å². The Hall–Kier alpha value is -2.57. The average molecular weight is 366 g/mol. The Labute approximate surface area is 147 Å². The molecule has 0 saturated heterocycles. The molecule has 0 bridgehead atoms. The maximum absolute atomic E-state index is 12.0. The van der Waals surface area contributed by atoms with Crippen molar-refractivity contribution in [3.63, 3.8) is 0 Å². The van der Waals surface area contributed by atoms with Crippen molar-refractivity contribution < 1.29 is 14.4 Å². The third kappa shape index (κ3) is 4.47. The highest BCUT2D eigenvalue weighted by Crippen LogP contribution is 2.20. The van der Waals surface area contributed by atoms with Gasteiger partial charge in [0.1, 0.15) is 0 Å². The molecule has 2 rings (SSSR count). The van der Waals surface area contributed by atoms with E-state index in [9.17, 15) is 14.4 Å². The van der Waals surface area contributed by atoms with Crippen LogP contribution in [0.25, 0.3) is 0 Å². The number of hydrogen-bond acceptors (Lipinski definition) is 3. The van der Waals surface area contributed by atoms with E-state index in [-0.39, 0.29) is 28.4 Å². The van der Waals surface area contributed by atoms with E-state index in [1.807, 2.05) is 0 Å². The van der Waals surface area contributed by atoms with Crippen molar-refractivity contribution in [1.82, 2.24) is 5.32 Å². The predicted molar refractivity (Wildman–Crippen MR) is 92.4 cm³/mol. The van der Waals surface area contributed by atoms with Gasteiger partial charge in [0.2, 0.25) is 5.91 Å². The van der Waals surface area contributed by atoms with Crippen LogP contribution >= 0.6 is 23.2 Å². The lowest BCUT2D eigenvalue weighted by Crippen LogP contribution is -2.33. The molecule has 0 heterocycles. The highest BCUT2D eigenvalue weighted by Gasteiger charge is 2.14. The monoisotopic (exact) mass is 365 g/mol. The van der Waals surface area contributed by atoms with Gasteiger partial charge < -0.3 is 16.4 Å². The second-order valence-corrected chi connectivity index (χ2v) is 5.61. The number of anilines is 1. The molecule has 0 radical (unpaired) electrons. The number of carbonyl (C=O) groups excluding carboxylic acids is 3. The molecule has 4 N–H and O–H groups in total. The molecule has 0 aliphatic heterocycles. The van der Waals surface area contributed by atoms with Crippen molar-refractivity contribution in [2.24, 2.45) is 5.73 Å². The van der Waals surface area contributed by atoms with Crippen LogP contribution in [-0.4, -0.2) is 24.3 Å². The van der Waals surface area contributed by atoms with Crippen molar-refractivity contribution >= 4 is 46.6 Å². The molecule has 0 aromatic heterocycles. The van der Waals surface area contributed by atoms with E-state index in [1.54, 1.807) is 12.1 Å². The molecular weight excluding hydrogens is 353 g/mol. The first-order valence-electron chi connectivity index (χ1n) is 6.80. The van der Waals surface area contributed by atoms with E-state index in [0.717, 1.165) is 0 Å². The molecule has 0 atom stereocenters. The number of primary amides is 1. The lowest BCUT2D eigenvalue weighted by atomic mass is 10.1. The second kappa shape index (κ2) is 7.81. The molecule has 0 unspecified atom stereocenters. The Balaban J connectivity index is 1.99. The number of halogens is 2. The average Bonchev–Trinajstić information content (AvgIpc) is 2.53. The minimum Gasteiger partial charge on any atom is -0.366 e. The van der Waals surface area contributed by atoms with E-state index in [2.05, 4.69) is 10.6 Å². The molecule has 0 fully saturated rings. The van der Waals surface area contributed by atoms with E-state index >= 15 is 0 Å². The number of hydrogen-bond donors (Lipinski definition) is 3. The molecular formula is C16H13Cl2N3O3. The molecule has 24 heavy (non-hydrogen) atoms. The summed E-state index contributed by atoms with van der Waals surface area (Å²) < 4.78 is 0. The number of benzene rings is 2. The van der Waals surface area contributed by atoms with Gasteiger partial charge in [0.25, 0.3) is 11.8 Å². The molecule has 2 aromatic rings. The first kappa shape index (κ1) is 17.8. The Morgan fingerprint density at radius 1 is 1.00 bits per heavy atom. The van der Waals surface area contributed by atoms with Gasteiger partial charge in [0.05, 0.1) is 28.4 Å². The molecule has 3 amide bonds. The molecule has 8 heteroatoms. The van der Waals surface area contributed by atoms with E-state index in [0.29, 0.717) is 5.02 Å². The maximum Gasteiger partial charge on any atom is 0.253 e. The largest absolute Gasteiger partial charge is 0.366 e. The van der Waals surface area contributed by atoms with Gasteiger partial charge in [0, 0.05) is 5.02 Å². The second-order valence-electron chi connectivity index (χ2n) is 4.76. The zero-order chi connectivity index (χ0) is 17.7. The van der Waals surface area contributed by atoms with Gasteiger partial charge in [-0.2, -0.15) is 0 Å². The van der Waals surface area contributed by atoms with Crippen LogP contribution in [0, 0.1) is 0 Å². The maximum atomic E-state index is 12.0. The summed E-state index contributed by atoms with van der Waals surface area (Å²) in [6, 6.07) is 10.7. The van der Waals surface area contributed by atoms with Crippen LogP contribution in [0.4, 0.5) is 5.69 Å². The van der Waals surface area contributed by atoms with Gasteiger partial charge >= 0.3 is 0 Å². The van der Waals surface area contributed by atoms with Crippen LogP contribution in [0.1, 0.15) is 20.7 Å². The summed E-state index contributed by atoms with van der Waals surface area (Å²) >= 11 is 11.7. The van der Waals surface area contributed by atoms with Crippen molar-refractivity contribution in [3.05, 3.63) is 63.6 Å². The highest BCUT2D eigenvalue weighted by molar-refractivity contribution is 6.36. The summed E-state index contributed by atoms with van der Waals surface area (Å²) in [4.78, 5) is 35.2. The molecule has 2 aromatic carbocycles. The fourth-order valence-electron chi connectivity index (χ4n) is 1.93. The summed E-state index contributed by atoms with van der Waals surface area (Å²) in [7, 11) is 0.